The third-order valence-electron chi connectivity index (χ3n) is 3.66. The Hall–Kier alpha value is -2.02. The van der Waals surface area contributed by atoms with Crippen LogP contribution in [0.5, 0.6) is 0 Å². The molecule has 19 heavy (non-hydrogen) atoms. The molecule has 3 rings (SSSR count). The number of aliphatic hydroxyl groups excluding tert-OH is 1. The lowest BCUT2D eigenvalue weighted by Crippen LogP contribution is -2.69. The normalized spacial score (nSPS) is 25.8. The second-order valence-corrected chi connectivity index (χ2v) is 4.80. The molecule has 1 N–H and O–H groups in total. The average Bonchev–Trinajstić information content (AvgIpc) is 2.40. The number of hydrogen-bond donors (Lipinski definition) is 1. The minimum atomic E-state index is -0.270. The van der Waals surface area contributed by atoms with Gasteiger partial charge in [0.25, 0.3) is 5.91 Å². The van der Waals surface area contributed by atoms with Crippen LogP contribution in [0.1, 0.15) is 16.9 Å². The number of rotatable bonds is 2. The van der Waals surface area contributed by atoms with Gasteiger partial charge in [-0.15, -0.1) is 0 Å². The van der Waals surface area contributed by atoms with Crippen molar-refractivity contribution in [1.82, 2.24) is 19.8 Å². The summed E-state index contributed by atoms with van der Waals surface area (Å²) in [6, 6.07) is -0.0507. The standard InChI is InChI=1S/C12H14N4O3/c17-7-9-3-8-5-15(6-11(18)16(8)9)12(19)10-4-13-1-2-14-10/h1-2,4,8-9,17H,3,5-7H2/t8-,9+/m1/s1. The van der Waals surface area contributed by atoms with Gasteiger partial charge >= 0.3 is 0 Å². The Morgan fingerprint density at radius 1 is 1.47 bits per heavy atom. The molecule has 2 saturated heterocycles. The molecule has 1 aromatic rings. The van der Waals surface area contributed by atoms with Crippen LogP contribution in [0.4, 0.5) is 0 Å². The molecule has 7 heteroatoms. The molecule has 0 bridgehead atoms. The van der Waals surface area contributed by atoms with Gasteiger partial charge in [0.15, 0.2) is 0 Å². The summed E-state index contributed by atoms with van der Waals surface area (Å²) in [5.41, 5.74) is 0.252. The van der Waals surface area contributed by atoms with E-state index in [0.29, 0.717) is 6.54 Å². The van der Waals surface area contributed by atoms with Crippen molar-refractivity contribution in [2.45, 2.75) is 18.5 Å². The van der Waals surface area contributed by atoms with Gasteiger partial charge in [-0.3, -0.25) is 14.6 Å². The van der Waals surface area contributed by atoms with Crippen LogP contribution in [0.2, 0.25) is 0 Å². The first kappa shape index (κ1) is 12.0. The average molecular weight is 262 g/mol. The first-order chi connectivity index (χ1) is 9.20. The van der Waals surface area contributed by atoms with Crippen molar-refractivity contribution < 1.29 is 14.7 Å². The molecule has 1 aromatic heterocycles. The lowest BCUT2D eigenvalue weighted by molar-refractivity contribution is -0.155. The summed E-state index contributed by atoms with van der Waals surface area (Å²) in [5, 5.41) is 9.10. The van der Waals surface area contributed by atoms with E-state index in [1.54, 1.807) is 4.90 Å². The molecule has 100 valence electrons. The predicted molar refractivity (Wildman–Crippen MR) is 64.1 cm³/mol. The summed E-state index contributed by atoms with van der Waals surface area (Å²) in [6.45, 7) is 0.528. The summed E-state index contributed by atoms with van der Waals surface area (Å²) in [4.78, 5) is 35.1. The zero-order valence-corrected chi connectivity index (χ0v) is 10.3. The first-order valence-corrected chi connectivity index (χ1v) is 6.18. The first-order valence-electron chi connectivity index (χ1n) is 6.18. The maximum Gasteiger partial charge on any atom is 0.274 e. The van der Waals surface area contributed by atoms with Crippen molar-refractivity contribution in [2.24, 2.45) is 0 Å². The fourth-order valence-corrected chi connectivity index (χ4v) is 2.72. The molecule has 0 saturated carbocycles. The molecule has 0 unspecified atom stereocenters. The van der Waals surface area contributed by atoms with Crippen molar-refractivity contribution in [3.8, 4) is 0 Å². The molecule has 2 aliphatic heterocycles. The predicted octanol–water partition coefficient (Wildman–Crippen LogP) is -1.11. The lowest BCUT2D eigenvalue weighted by atomic mass is 9.90. The number of nitrogens with zero attached hydrogens (tertiary/aromatic N) is 4. The maximum absolute atomic E-state index is 12.2. The molecule has 0 radical (unpaired) electrons. The third-order valence-corrected chi connectivity index (χ3v) is 3.66. The summed E-state index contributed by atoms with van der Waals surface area (Å²) >= 11 is 0. The summed E-state index contributed by atoms with van der Waals surface area (Å²) in [6.07, 6.45) is 5.09. The molecule has 0 aliphatic carbocycles. The fourth-order valence-electron chi connectivity index (χ4n) is 2.72. The highest BCUT2D eigenvalue weighted by molar-refractivity contribution is 5.95. The molecule has 0 spiro atoms. The molecular formula is C12H14N4O3. The van der Waals surface area contributed by atoms with Gasteiger partial charge in [-0.2, -0.15) is 0 Å². The molecular weight excluding hydrogens is 248 g/mol. The van der Waals surface area contributed by atoms with Gasteiger partial charge < -0.3 is 14.9 Å². The summed E-state index contributed by atoms with van der Waals surface area (Å²) in [7, 11) is 0. The van der Waals surface area contributed by atoms with Gasteiger partial charge in [0.2, 0.25) is 5.91 Å². The Morgan fingerprint density at radius 2 is 2.32 bits per heavy atom. The number of fused-ring (bicyclic) bond motifs is 1. The maximum atomic E-state index is 12.2. The Morgan fingerprint density at radius 3 is 2.95 bits per heavy atom. The monoisotopic (exact) mass is 262 g/mol. The van der Waals surface area contributed by atoms with Crippen LogP contribution in [0.25, 0.3) is 0 Å². The zero-order valence-electron chi connectivity index (χ0n) is 10.3. The number of hydrogen-bond acceptors (Lipinski definition) is 5. The van der Waals surface area contributed by atoms with Crippen LogP contribution >= 0.6 is 0 Å². The van der Waals surface area contributed by atoms with E-state index in [9.17, 15) is 9.59 Å². The number of carbonyl (C=O) groups excluding carboxylic acids is 2. The van der Waals surface area contributed by atoms with E-state index in [1.165, 1.54) is 23.5 Å². The van der Waals surface area contributed by atoms with E-state index in [0.717, 1.165) is 6.42 Å². The number of piperazine rings is 1. The van der Waals surface area contributed by atoms with E-state index in [1.807, 2.05) is 0 Å². The highest BCUT2D eigenvalue weighted by Crippen LogP contribution is 2.29. The Bertz CT molecular complexity index is 507. The van der Waals surface area contributed by atoms with Gasteiger partial charge in [0.05, 0.1) is 24.9 Å². The van der Waals surface area contributed by atoms with E-state index < -0.39 is 0 Å². The van der Waals surface area contributed by atoms with Crippen LogP contribution in [0, 0.1) is 0 Å². The number of aromatic nitrogens is 2. The number of aliphatic hydroxyl groups is 1. The molecule has 2 amide bonds. The Labute approximate surface area is 109 Å². The molecule has 7 nitrogen and oxygen atoms in total. The van der Waals surface area contributed by atoms with Crippen LogP contribution in [0.15, 0.2) is 18.6 Å². The van der Waals surface area contributed by atoms with Gasteiger partial charge in [0, 0.05) is 18.9 Å². The Kier molecular flexibility index (Phi) is 2.90. The highest BCUT2D eigenvalue weighted by atomic mass is 16.3. The van der Waals surface area contributed by atoms with Gasteiger partial charge in [-0.25, -0.2) is 4.98 Å². The second kappa shape index (κ2) is 4.58. The van der Waals surface area contributed by atoms with E-state index >= 15 is 0 Å². The molecule has 2 fully saturated rings. The summed E-state index contributed by atoms with van der Waals surface area (Å²) in [5.74, 6) is -0.382. The minimum absolute atomic E-state index is 0.0135. The van der Waals surface area contributed by atoms with Crippen LogP contribution in [0.3, 0.4) is 0 Å². The minimum Gasteiger partial charge on any atom is -0.394 e. The smallest absolute Gasteiger partial charge is 0.274 e. The van der Waals surface area contributed by atoms with Crippen molar-refractivity contribution in [2.75, 3.05) is 19.7 Å². The summed E-state index contributed by atoms with van der Waals surface area (Å²) < 4.78 is 0. The number of carbonyl (C=O) groups is 2. The highest BCUT2D eigenvalue weighted by Gasteiger charge is 2.46. The molecule has 3 heterocycles. The quantitative estimate of drug-likeness (QED) is 0.730. The molecule has 2 aliphatic rings. The SMILES string of the molecule is O=C(c1cnccn1)N1CC(=O)N2[C@H](CO)C[C@@H]2C1. The Balaban J connectivity index is 1.72. The van der Waals surface area contributed by atoms with Crippen LogP contribution < -0.4 is 0 Å². The van der Waals surface area contributed by atoms with Crippen LogP contribution in [-0.2, 0) is 4.79 Å². The van der Waals surface area contributed by atoms with Gasteiger partial charge in [-0.1, -0.05) is 0 Å². The number of amides is 2. The largest absolute Gasteiger partial charge is 0.394 e. The van der Waals surface area contributed by atoms with E-state index in [4.69, 9.17) is 5.11 Å². The van der Waals surface area contributed by atoms with Crippen molar-refractivity contribution >= 4 is 11.8 Å². The fraction of sp³-hybridized carbons (Fsp3) is 0.500. The van der Waals surface area contributed by atoms with Crippen LogP contribution in [-0.4, -0.2) is 68.5 Å². The van der Waals surface area contributed by atoms with E-state index in [2.05, 4.69) is 9.97 Å². The van der Waals surface area contributed by atoms with E-state index in [-0.39, 0.29) is 42.7 Å². The molecule has 0 aromatic carbocycles. The third kappa shape index (κ3) is 1.95. The lowest BCUT2D eigenvalue weighted by Gasteiger charge is -2.53. The van der Waals surface area contributed by atoms with Crippen molar-refractivity contribution in [3.63, 3.8) is 0 Å². The zero-order chi connectivity index (χ0) is 13.4. The van der Waals surface area contributed by atoms with Gasteiger partial charge in [-0.05, 0) is 6.42 Å². The van der Waals surface area contributed by atoms with Gasteiger partial charge in [0.1, 0.15) is 12.2 Å². The topological polar surface area (TPSA) is 86.6 Å². The van der Waals surface area contributed by atoms with Crippen molar-refractivity contribution in [3.05, 3.63) is 24.3 Å². The molecule has 2 atom stereocenters. The second-order valence-electron chi connectivity index (χ2n) is 4.80. The van der Waals surface area contributed by atoms with Crippen molar-refractivity contribution in [1.29, 1.82) is 0 Å².